The fourth-order valence-corrected chi connectivity index (χ4v) is 4.17. The van der Waals surface area contributed by atoms with E-state index in [1.165, 1.54) is 25.4 Å². The number of para-hydroxylation sites is 1. The van der Waals surface area contributed by atoms with E-state index in [2.05, 4.69) is 15.0 Å². The highest BCUT2D eigenvalue weighted by atomic mass is 32.2. The van der Waals surface area contributed by atoms with Crippen LogP contribution in [0.3, 0.4) is 0 Å². The number of hydrogen-bond acceptors (Lipinski definition) is 7. The summed E-state index contributed by atoms with van der Waals surface area (Å²) in [5.74, 6) is -0.258. The molecule has 0 bridgehead atoms. The summed E-state index contributed by atoms with van der Waals surface area (Å²) in [5, 5.41) is 4.76. The predicted octanol–water partition coefficient (Wildman–Crippen LogP) is 3.47. The molecule has 2 aromatic heterocycles. The van der Waals surface area contributed by atoms with Gasteiger partial charge in [-0.05, 0) is 35.7 Å². The molecule has 0 aliphatic heterocycles. The van der Waals surface area contributed by atoms with Gasteiger partial charge in [-0.25, -0.2) is 18.2 Å². The monoisotopic (exact) mass is 389 g/mol. The number of thiophene rings is 1. The molecule has 0 unspecified atom stereocenters. The number of methoxy groups -OCH3 is 1. The molecule has 3 aromatic rings. The quantitative estimate of drug-likeness (QED) is 0.627. The van der Waals surface area contributed by atoms with Gasteiger partial charge in [-0.1, -0.05) is 18.2 Å². The van der Waals surface area contributed by atoms with Gasteiger partial charge >= 0.3 is 5.97 Å². The third-order valence-corrected chi connectivity index (χ3v) is 6.13. The van der Waals surface area contributed by atoms with E-state index in [9.17, 15) is 13.2 Å². The van der Waals surface area contributed by atoms with Crippen molar-refractivity contribution in [1.82, 2.24) is 4.98 Å². The van der Waals surface area contributed by atoms with Crippen molar-refractivity contribution in [1.29, 1.82) is 0 Å². The number of pyridine rings is 1. The van der Waals surface area contributed by atoms with Crippen LogP contribution < -0.4 is 10.0 Å². The first-order valence-corrected chi connectivity index (χ1v) is 9.82. The molecule has 134 valence electrons. The Morgan fingerprint density at radius 2 is 1.92 bits per heavy atom. The van der Waals surface area contributed by atoms with Crippen LogP contribution in [0.2, 0.25) is 0 Å². The fourth-order valence-electron chi connectivity index (χ4n) is 2.17. The van der Waals surface area contributed by atoms with Gasteiger partial charge in [0.25, 0.3) is 10.0 Å². The van der Waals surface area contributed by atoms with Gasteiger partial charge in [-0.3, -0.25) is 4.72 Å². The van der Waals surface area contributed by atoms with E-state index in [4.69, 9.17) is 4.74 Å². The van der Waals surface area contributed by atoms with Gasteiger partial charge in [0.05, 0.1) is 30.2 Å². The lowest BCUT2D eigenvalue weighted by atomic mass is 10.1. The van der Waals surface area contributed by atoms with E-state index in [-0.39, 0.29) is 10.0 Å². The molecule has 7 nitrogen and oxygen atoms in total. The number of sulfonamides is 1. The van der Waals surface area contributed by atoms with E-state index in [1.54, 1.807) is 41.8 Å². The maximum atomic E-state index is 12.2. The molecular formula is C17H15N3O4S2. The van der Waals surface area contributed by atoms with Gasteiger partial charge < -0.3 is 10.1 Å². The number of ether oxygens (including phenoxy) is 1. The number of carbonyl (C=O) groups excluding carboxylic acids is 1. The molecule has 0 aliphatic carbocycles. The smallest absolute Gasteiger partial charge is 0.339 e. The molecule has 2 N–H and O–H groups in total. The molecule has 0 atom stereocenters. The van der Waals surface area contributed by atoms with Crippen LogP contribution in [0.5, 0.6) is 0 Å². The van der Waals surface area contributed by atoms with Crippen molar-refractivity contribution in [3.8, 4) is 0 Å². The zero-order chi connectivity index (χ0) is 18.6. The summed E-state index contributed by atoms with van der Waals surface area (Å²) in [6.45, 7) is 0. The maximum absolute atomic E-state index is 12.2. The third kappa shape index (κ3) is 4.01. The van der Waals surface area contributed by atoms with Crippen molar-refractivity contribution in [3.05, 3.63) is 65.7 Å². The van der Waals surface area contributed by atoms with Crippen molar-refractivity contribution in [2.45, 2.75) is 4.21 Å². The van der Waals surface area contributed by atoms with Crippen molar-refractivity contribution < 1.29 is 17.9 Å². The molecule has 0 aliphatic rings. The number of anilines is 3. The van der Waals surface area contributed by atoms with Gasteiger partial charge in [0.2, 0.25) is 0 Å². The van der Waals surface area contributed by atoms with E-state index in [0.717, 1.165) is 11.3 Å². The van der Waals surface area contributed by atoms with Gasteiger partial charge in [0, 0.05) is 0 Å². The molecular weight excluding hydrogens is 374 g/mol. The molecule has 9 heteroatoms. The first-order valence-electron chi connectivity index (χ1n) is 7.46. The number of nitrogens with zero attached hydrogens (tertiary/aromatic N) is 1. The van der Waals surface area contributed by atoms with Gasteiger partial charge in [0.15, 0.2) is 0 Å². The minimum atomic E-state index is -3.64. The lowest BCUT2D eigenvalue weighted by molar-refractivity contribution is 0.0602. The first kappa shape index (κ1) is 17.9. The lowest BCUT2D eigenvalue weighted by Gasteiger charge is -2.11. The highest BCUT2D eigenvalue weighted by Crippen LogP contribution is 2.23. The number of rotatable bonds is 6. The SMILES string of the molecule is COC(=O)c1ccccc1Nc1ccc(NS(=O)(=O)c2cccs2)nc1. The summed E-state index contributed by atoms with van der Waals surface area (Å²) in [4.78, 5) is 15.9. The zero-order valence-electron chi connectivity index (χ0n) is 13.7. The summed E-state index contributed by atoms with van der Waals surface area (Å²) >= 11 is 1.13. The van der Waals surface area contributed by atoms with Crippen LogP contribution >= 0.6 is 11.3 Å². The van der Waals surface area contributed by atoms with Gasteiger partial charge in [-0.15, -0.1) is 11.3 Å². The third-order valence-electron chi connectivity index (χ3n) is 3.37. The van der Waals surface area contributed by atoms with Gasteiger partial charge in [-0.2, -0.15) is 0 Å². The zero-order valence-corrected chi connectivity index (χ0v) is 15.3. The standard InChI is InChI=1S/C17H15N3O4S2/c1-24-17(21)13-5-2-3-6-14(13)19-12-8-9-15(18-11-12)20-26(22,23)16-7-4-10-25-16/h2-11,19H,1H3,(H,18,20). The lowest BCUT2D eigenvalue weighted by Crippen LogP contribution is -2.12. The molecule has 0 spiro atoms. The van der Waals surface area contributed by atoms with Crippen molar-refractivity contribution in [3.63, 3.8) is 0 Å². The number of aromatic nitrogens is 1. The van der Waals surface area contributed by atoms with Crippen molar-refractivity contribution in [2.75, 3.05) is 17.1 Å². The molecule has 1 aromatic carbocycles. The molecule has 3 rings (SSSR count). The summed E-state index contributed by atoms with van der Waals surface area (Å²) in [7, 11) is -2.32. The number of esters is 1. The largest absolute Gasteiger partial charge is 0.465 e. The normalized spacial score (nSPS) is 11.0. The Morgan fingerprint density at radius 3 is 2.58 bits per heavy atom. The summed E-state index contributed by atoms with van der Waals surface area (Å²) in [6.07, 6.45) is 1.47. The number of benzene rings is 1. The Bertz CT molecular complexity index is 1000. The van der Waals surface area contributed by atoms with Crippen LogP contribution in [-0.4, -0.2) is 26.5 Å². The second-order valence-corrected chi connectivity index (χ2v) is 7.99. The van der Waals surface area contributed by atoms with Crippen LogP contribution in [0.15, 0.2) is 64.3 Å². The minimum Gasteiger partial charge on any atom is -0.465 e. The maximum Gasteiger partial charge on any atom is 0.339 e. The Balaban J connectivity index is 1.76. The van der Waals surface area contributed by atoms with E-state index < -0.39 is 16.0 Å². The average Bonchev–Trinajstić information content (AvgIpc) is 3.19. The Kier molecular flexibility index (Phi) is 5.19. The first-order chi connectivity index (χ1) is 12.5. The molecule has 0 saturated heterocycles. The van der Waals surface area contributed by atoms with E-state index >= 15 is 0 Å². The summed E-state index contributed by atoms with van der Waals surface area (Å²) in [5.41, 5.74) is 1.55. The van der Waals surface area contributed by atoms with E-state index in [1.807, 2.05) is 0 Å². The predicted molar refractivity (Wildman–Crippen MR) is 100 cm³/mol. The fraction of sp³-hybridized carbons (Fsp3) is 0.0588. The number of nitrogens with one attached hydrogen (secondary N) is 2. The molecule has 2 heterocycles. The Hall–Kier alpha value is -2.91. The van der Waals surface area contributed by atoms with Gasteiger partial charge in [0.1, 0.15) is 10.0 Å². The molecule has 0 radical (unpaired) electrons. The van der Waals surface area contributed by atoms with Crippen LogP contribution in [0.25, 0.3) is 0 Å². The average molecular weight is 389 g/mol. The minimum absolute atomic E-state index is 0.199. The number of hydrogen-bond donors (Lipinski definition) is 2. The second-order valence-electron chi connectivity index (χ2n) is 5.13. The summed E-state index contributed by atoms with van der Waals surface area (Å²) < 4.78 is 31.8. The Morgan fingerprint density at radius 1 is 1.12 bits per heavy atom. The number of carbonyl (C=O) groups is 1. The summed E-state index contributed by atoms with van der Waals surface area (Å²) in [6, 6.07) is 13.3. The van der Waals surface area contributed by atoms with Crippen LogP contribution in [-0.2, 0) is 14.8 Å². The van der Waals surface area contributed by atoms with E-state index in [0.29, 0.717) is 16.9 Å². The molecule has 0 amide bonds. The molecule has 0 saturated carbocycles. The van der Waals surface area contributed by atoms with Crippen LogP contribution in [0, 0.1) is 0 Å². The Labute approximate surface area is 154 Å². The van der Waals surface area contributed by atoms with Crippen molar-refractivity contribution in [2.24, 2.45) is 0 Å². The second kappa shape index (κ2) is 7.54. The van der Waals surface area contributed by atoms with Crippen LogP contribution in [0.1, 0.15) is 10.4 Å². The topological polar surface area (TPSA) is 97.4 Å². The molecule has 0 fully saturated rings. The molecule has 26 heavy (non-hydrogen) atoms. The van der Waals surface area contributed by atoms with Crippen molar-refractivity contribution >= 4 is 44.5 Å². The highest BCUT2D eigenvalue weighted by Gasteiger charge is 2.16. The highest BCUT2D eigenvalue weighted by molar-refractivity contribution is 7.94. The van der Waals surface area contributed by atoms with Crippen LogP contribution in [0.4, 0.5) is 17.2 Å².